The molecule has 1 heterocycles. The Labute approximate surface area is 182 Å². The standard InChI is InChI=1S/C24H29N3O4/c1-17-19(16-27(26-17)20-10-6-5-7-11-20)9-8-12-25-23(28)15-18-13-21(29-2)24(31-4)22(14-18)30-3/h5-7,10-11,13-14,16H,8-9,12,15H2,1-4H3,(H,25,28). The summed E-state index contributed by atoms with van der Waals surface area (Å²) in [5, 5.41) is 7.58. The lowest BCUT2D eigenvalue weighted by Crippen LogP contribution is -2.26. The van der Waals surface area contributed by atoms with Crippen molar-refractivity contribution in [3.63, 3.8) is 0 Å². The first-order valence-electron chi connectivity index (χ1n) is 10.2. The normalized spacial score (nSPS) is 10.6. The molecule has 0 radical (unpaired) electrons. The highest BCUT2D eigenvalue weighted by molar-refractivity contribution is 5.79. The molecule has 0 fully saturated rings. The maximum absolute atomic E-state index is 12.4. The van der Waals surface area contributed by atoms with Crippen LogP contribution in [-0.2, 0) is 17.6 Å². The van der Waals surface area contributed by atoms with Crippen LogP contribution in [0.4, 0.5) is 0 Å². The summed E-state index contributed by atoms with van der Waals surface area (Å²) in [7, 11) is 4.67. The van der Waals surface area contributed by atoms with Crippen LogP contribution >= 0.6 is 0 Å². The number of nitrogens with one attached hydrogen (secondary N) is 1. The minimum absolute atomic E-state index is 0.0500. The molecule has 7 heteroatoms. The van der Waals surface area contributed by atoms with Gasteiger partial charge in [-0.15, -0.1) is 0 Å². The number of aromatic nitrogens is 2. The topological polar surface area (TPSA) is 74.6 Å². The molecule has 2 aromatic carbocycles. The molecule has 0 aliphatic rings. The number of hydrogen-bond acceptors (Lipinski definition) is 5. The predicted molar refractivity (Wildman–Crippen MR) is 119 cm³/mol. The van der Waals surface area contributed by atoms with Gasteiger partial charge in [0, 0.05) is 12.7 Å². The molecule has 3 rings (SSSR count). The van der Waals surface area contributed by atoms with Crippen LogP contribution in [0.5, 0.6) is 17.2 Å². The number of nitrogens with zero attached hydrogens (tertiary/aromatic N) is 2. The minimum Gasteiger partial charge on any atom is -0.493 e. The van der Waals surface area contributed by atoms with Gasteiger partial charge in [-0.05, 0) is 55.2 Å². The molecule has 0 saturated carbocycles. The fourth-order valence-corrected chi connectivity index (χ4v) is 3.45. The van der Waals surface area contributed by atoms with Crippen LogP contribution in [0.3, 0.4) is 0 Å². The van der Waals surface area contributed by atoms with Crippen LogP contribution in [0.15, 0.2) is 48.7 Å². The third kappa shape index (κ3) is 5.57. The average Bonchev–Trinajstić information content (AvgIpc) is 3.17. The summed E-state index contributed by atoms with van der Waals surface area (Å²) in [4.78, 5) is 12.4. The number of rotatable bonds is 10. The highest BCUT2D eigenvalue weighted by atomic mass is 16.5. The number of hydrogen-bond donors (Lipinski definition) is 1. The van der Waals surface area contributed by atoms with Gasteiger partial charge in [0.15, 0.2) is 11.5 Å². The molecule has 0 unspecified atom stereocenters. The Morgan fingerprint density at radius 1 is 1.03 bits per heavy atom. The van der Waals surface area contributed by atoms with E-state index in [1.807, 2.05) is 41.9 Å². The van der Waals surface area contributed by atoms with Crippen molar-refractivity contribution < 1.29 is 19.0 Å². The molecular formula is C24H29N3O4. The van der Waals surface area contributed by atoms with Gasteiger partial charge < -0.3 is 19.5 Å². The highest BCUT2D eigenvalue weighted by Gasteiger charge is 2.15. The van der Waals surface area contributed by atoms with Crippen LogP contribution in [0.2, 0.25) is 0 Å². The van der Waals surface area contributed by atoms with E-state index in [2.05, 4.69) is 16.6 Å². The second-order valence-corrected chi connectivity index (χ2v) is 7.18. The lowest BCUT2D eigenvalue weighted by atomic mass is 10.1. The van der Waals surface area contributed by atoms with Crippen LogP contribution in [0, 0.1) is 6.92 Å². The smallest absolute Gasteiger partial charge is 0.224 e. The quantitative estimate of drug-likeness (QED) is 0.505. The number of methoxy groups -OCH3 is 3. The first-order chi connectivity index (χ1) is 15.0. The molecule has 164 valence electrons. The number of carbonyl (C=O) groups excluding carboxylic acids is 1. The zero-order valence-electron chi connectivity index (χ0n) is 18.5. The molecule has 0 spiro atoms. The summed E-state index contributed by atoms with van der Waals surface area (Å²) < 4.78 is 17.9. The van der Waals surface area contributed by atoms with E-state index in [1.165, 1.54) is 5.56 Å². The van der Waals surface area contributed by atoms with Crippen molar-refractivity contribution in [1.29, 1.82) is 0 Å². The van der Waals surface area contributed by atoms with Crippen molar-refractivity contribution in [2.24, 2.45) is 0 Å². The predicted octanol–water partition coefficient (Wildman–Crippen LogP) is 3.50. The highest BCUT2D eigenvalue weighted by Crippen LogP contribution is 2.38. The van der Waals surface area contributed by atoms with Crippen molar-refractivity contribution in [3.05, 3.63) is 65.5 Å². The average molecular weight is 424 g/mol. The first kappa shape index (κ1) is 22.2. The molecule has 0 atom stereocenters. The number of para-hydroxylation sites is 1. The number of amides is 1. The molecule has 0 saturated heterocycles. The second kappa shape index (κ2) is 10.5. The Balaban J connectivity index is 1.52. The summed E-state index contributed by atoms with van der Waals surface area (Å²) >= 11 is 0. The van der Waals surface area contributed by atoms with E-state index in [1.54, 1.807) is 33.5 Å². The van der Waals surface area contributed by atoms with Crippen LogP contribution in [-0.4, -0.2) is 43.6 Å². The molecule has 7 nitrogen and oxygen atoms in total. The molecule has 0 aliphatic heterocycles. The Morgan fingerprint density at radius 2 is 1.71 bits per heavy atom. The number of benzene rings is 2. The second-order valence-electron chi connectivity index (χ2n) is 7.18. The van der Waals surface area contributed by atoms with Gasteiger partial charge in [-0.25, -0.2) is 4.68 Å². The van der Waals surface area contributed by atoms with Crippen molar-refractivity contribution in [2.45, 2.75) is 26.2 Å². The zero-order chi connectivity index (χ0) is 22.2. The molecule has 0 bridgehead atoms. The summed E-state index contributed by atoms with van der Waals surface area (Å²) in [6.45, 7) is 2.61. The van der Waals surface area contributed by atoms with E-state index in [0.717, 1.165) is 29.8 Å². The van der Waals surface area contributed by atoms with Crippen molar-refractivity contribution in [2.75, 3.05) is 27.9 Å². The molecule has 1 N–H and O–H groups in total. The van der Waals surface area contributed by atoms with Gasteiger partial charge in [-0.3, -0.25) is 4.79 Å². The zero-order valence-corrected chi connectivity index (χ0v) is 18.5. The third-order valence-electron chi connectivity index (χ3n) is 5.06. The molecule has 1 amide bonds. The van der Waals surface area contributed by atoms with Gasteiger partial charge in [0.1, 0.15) is 0 Å². The summed E-state index contributed by atoms with van der Waals surface area (Å²) in [6.07, 6.45) is 3.98. The maximum Gasteiger partial charge on any atom is 0.224 e. The van der Waals surface area contributed by atoms with Crippen molar-refractivity contribution in [3.8, 4) is 22.9 Å². The van der Waals surface area contributed by atoms with E-state index in [0.29, 0.717) is 23.8 Å². The van der Waals surface area contributed by atoms with E-state index in [9.17, 15) is 4.79 Å². The first-order valence-corrected chi connectivity index (χ1v) is 10.2. The minimum atomic E-state index is -0.0500. The van der Waals surface area contributed by atoms with E-state index >= 15 is 0 Å². The van der Waals surface area contributed by atoms with Gasteiger partial charge in [-0.1, -0.05) is 18.2 Å². The summed E-state index contributed by atoms with van der Waals surface area (Å²) in [5.41, 5.74) is 4.03. The van der Waals surface area contributed by atoms with E-state index < -0.39 is 0 Å². The van der Waals surface area contributed by atoms with Crippen molar-refractivity contribution >= 4 is 5.91 Å². The lowest BCUT2D eigenvalue weighted by molar-refractivity contribution is -0.120. The van der Waals surface area contributed by atoms with E-state index in [-0.39, 0.29) is 12.3 Å². The van der Waals surface area contributed by atoms with Crippen LogP contribution in [0.25, 0.3) is 5.69 Å². The fraction of sp³-hybridized carbons (Fsp3) is 0.333. The Bertz CT molecular complexity index is 990. The maximum atomic E-state index is 12.4. The van der Waals surface area contributed by atoms with Crippen LogP contribution < -0.4 is 19.5 Å². The number of aryl methyl sites for hydroxylation is 2. The van der Waals surface area contributed by atoms with Gasteiger partial charge in [0.25, 0.3) is 0 Å². The summed E-state index contributed by atoms with van der Waals surface area (Å²) in [6, 6.07) is 13.6. The number of ether oxygens (including phenoxy) is 3. The molecule has 1 aromatic heterocycles. The van der Waals surface area contributed by atoms with Crippen LogP contribution in [0.1, 0.15) is 23.2 Å². The van der Waals surface area contributed by atoms with Crippen molar-refractivity contribution in [1.82, 2.24) is 15.1 Å². The summed E-state index contributed by atoms with van der Waals surface area (Å²) in [5.74, 6) is 1.54. The SMILES string of the molecule is COc1cc(CC(=O)NCCCc2cn(-c3ccccc3)nc2C)cc(OC)c1OC. The molecule has 31 heavy (non-hydrogen) atoms. The number of carbonyl (C=O) groups is 1. The lowest BCUT2D eigenvalue weighted by Gasteiger charge is -2.14. The van der Waals surface area contributed by atoms with Gasteiger partial charge in [-0.2, -0.15) is 5.10 Å². The molecular weight excluding hydrogens is 394 g/mol. The molecule has 3 aromatic rings. The Morgan fingerprint density at radius 3 is 2.32 bits per heavy atom. The molecule has 0 aliphatic carbocycles. The van der Waals surface area contributed by atoms with Gasteiger partial charge >= 0.3 is 0 Å². The van der Waals surface area contributed by atoms with Gasteiger partial charge in [0.2, 0.25) is 11.7 Å². The Hall–Kier alpha value is -3.48. The van der Waals surface area contributed by atoms with E-state index in [4.69, 9.17) is 14.2 Å². The fourth-order valence-electron chi connectivity index (χ4n) is 3.45. The van der Waals surface area contributed by atoms with Gasteiger partial charge in [0.05, 0.1) is 39.1 Å². The largest absolute Gasteiger partial charge is 0.493 e. The Kier molecular flexibility index (Phi) is 7.54. The monoisotopic (exact) mass is 423 g/mol. The third-order valence-corrected chi connectivity index (χ3v) is 5.06.